The van der Waals surface area contributed by atoms with E-state index in [9.17, 15) is 0 Å². The van der Waals surface area contributed by atoms with E-state index >= 15 is 0 Å². The third-order valence-corrected chi connectivity index (χ3v) is 11.7. The first-order chi connectivity index (χ1) is 26.7. The molecule has 8 aromatic carbocycles. The van der Waals surface area contributed by atoms with E-state index in [-0.39, 0.29) is 0 Å². The van der Waals surface area contributed by atoms with Crippen LogP contribution in [0.1, 0.15) is 0 Å². The van der Waals surface area contributed by atoms with Crippen LogP contribution in [0, 0.1) is 0 Å². The van der Waals surface area contributed by atoms with Gasteiger partial charge in [-0.15, -0.1) is 11.3 Å². The summed E-state index contributed by atoms with van der Waals surface area (Å²) in [5.74, 6) is 0.675. The van der Waals surface area contributed by atoms with Gasteiger partial charge in [0.1, 0.15) is 11.2 Å². The molecule has 0 amide bonds. The minimum atomic E-state index is 0.675. The molecule has 0 saturated carbocycles. The van der Waals surface area contributed by atoms with Crippen molar-refractivity contribution in [2.75, 3.05) is 0 Å². The highest BCUT2D eigenvalue weighted by atomic mass is 32.1. The topological polar surface area (TPSA) is 38.9 Å². The van der Waals surface area contributed by atoms with Crippen molar-refractivity contribution >= 4 is 64.2 Å². The summed E-state index contributed by atoms with van der Waals surface area (Å²) in [6.45, 7) is 0. The van der Waals surface area contributed by atoms with E-state index < -0.39 is 0 Å². The van der Waals surface area contributed by atoms with Gasteiger partial charge in [-0.25, -0.2) is 9.97 Å². The van der Waals surface area contributed by atoms with Crippen LogP contribution in [0.15, 0.2) is 186 Å². The Morgan fingerprint density at radius 1 is 0.352 bits per heavy atom. The lowest BCUT2D eigenvalue weighted by Gasteiger charge is -2.14. The summed E-state index contributed by atoms with van der Waals surface area (Å²) in [5, 5.41) is 7.06. The number of nitrogens with zero attached hydrogens (tertiary/aromatic N) is 2. The third kappa shape index (κ3) is 5.03. The standard InChI is InChI=1S/C50H30N2OS/c1-2-11-33(12-3-1)44-30-45(42-18-10-17-40-38-15-6-8-19-46(38)53-49(40)42)52-50(51-44)41-27-26-35(36-13-4-5-14-37(36)41)32-23-21-31(22-24-32)34-25-28-48-43(29-34)39-16-7-9-20-47(39)54-48/h1-30H. The monoisotopic (exact) mass is 706 g/mol. The average molecular weight is 707 g/mol. The maximum Gasteiger partial charge on any atom is 0.161 e. The maximum absolute atomic E-state index is 6.47. The summed E-state index contributed by atoms with van der Waals surface area (Å²) in [7, 11) is 0. The highest BCUT2D eigenvalue weighted by molar-refractivity contribution is 7.25. The van der Waals surface area contributed by atoms with Gasteiger partial charge in [0.25, 0.3) is 0 Å². The second-order valence-electron chi connectivity index (χ2n) is 13.7. The van der Waals surface area contributed by atoms with Crippen LogP contribution in [0.25, 0.3) is 109 Å². The minimum absolute atomic E-state index is 0.675. The van der Waals surface area contributed by atoms with Crippen LogP contribution in [0.4, 0.5) is 0 Å². The molecule has 54 heavy (non-hydrogen) atoms. The van der Waals surface area contributed by atoms with Crippen molar-refractivity contribution in [2.24, 2.45) is 0 Å². The van der Waals surface area contributed by atoms with Gasteiger partial charge in [0.15, 0.2) is 5.82 Å². The van der Waals surface area contributed by atoms with Crippen LogP contribution >= 0.6 is 11.3 Å². The molecule has 3 nitrogen and oxygen atoms in total. The van der Waals surface area contributed by atoms with E-state index in [0.29, 0.717) is 5.82 Å². The van der Waals surface area contributed by atoms with Gasteiger partial charge in [-0.1, -0.05) is 140 Å². The Labute approximate surface area is 315 Å². The highest BCUT2D eigenvalue weighted by Crippen LogP contribution is 2.40. The fraction of sp³-hybridized carbons (Fsp3) is 0. The molecule has 0 unspecified atom stereocenters. The second kappa shape index (κ2) is 12.4. The zero-order valence-corrected chi connectivity index (χ0v) is 29.8. The Morgan fingerprint density at radius 3 is 1.83 bits per heavy atom. The molecule has 252 valence electrons. The predicted molar refractivity (Wildman–Crippen MR) is 227 cm³/mol. The van der Waals surface area contributed by atoms with Crippen molar-refractivity contribution in [2.45, 2.75) is 0 Å². The van der Waals surface area contributed by atoms with Crippen LogP contribution in [0.3, 0.4) is 0 Å². The third-order valence-electron chi connectivity index (χ3n) is 10.5. The van der Waals surface area contributed by atoms with Crippen molar-refractivity contribution in [3.63, 3.8) is 0 Å². The number of fused-ring (bicyclic) bond motifs is 7. The second-order valence-corrected chi connectivity index (χ2v) is 14.8. The van der Waals surface area contributed by atoms with Gasteiger partial charge in [0, 0.05) is 47.6 Å². The molecule has 0 saturated heterocycles. The fourth-order valence-corrected chi connectivity index (χ4v) is 8.99. The zero-order valence-electron chi connectivity index (χ0n) is 29.0. The Bertz CT molecular complexity index is 3210. The first kappa shape index (κ1) is 30.7. The SMILES string of the molecule is c1ccc(-c2cc(-c3cccc4c3oc3ccccc34)nc(-c3ccc(-c4ccc(-c5ccc6sc7ccccc7c6c5)cc4)c4ccccc34)n2)cc1. The lowest BCUT2D eigenvalue weighted by Crippen LogP contribution is -1.97. The molecular formula is C50H30N2OS. The smallest absolute Gasteiger partial charge is 0.161 e. The Kier molecular flexibility index (Phi) is 7.04. The molecule has 0 atom stereocenters. The number of rotatable bonds is 5. The van der Waals surface area contributed by atoms with Gasteiger partial charge < -0.3 is 4.42 Å². The summed E-state index contributed by atoms with van der Waals surface area (Å²) < 4.78 is 9.12. The molecule has 0 N–H and O–H groups in total. The van der Waals surface area contributed by atoms with E-state index in [4.69, 9.17) is 14.4 Å². The molecule has 0 aliphatic heterocycles. The van der Waals surface area contributed by atoms with Crippen LogP contribution in [0.2, 0.25) is 0 Å². The number of aromatic nitrogens is 2. The van der Waals surface area contributed by atoms with E-state index in [1.807, 2.05) is 29.5 Å². The highest BCUT2D eigenvalue weighted by Gasteiger charge is 2.18. The van der Waals surface area contributed by atoms with Crippen LogP contribution < -0.4 is 0 Å². The molecule has 3 aromatic heterocycles. The Morgan fingerprint density at radius 2 is 0.981 bits per heavy atom. The van der Waals surface area contributed by atoms with Gasteiger partial charge >= 0.3 is 0 Å². The molecule has 0 bridgehead atoms. The minimum Gasteiger partial charge on any atom is -0.455 e. The molecule has 0 fully saturated rings. The zero-order chi connectivity index (χ0) is 35.6. The summed E-state index contributed by atoms with van der Waals surface area (Å²) in [4.78, 5) is 10.5. The van der Waals surface area contributed by atoms with Crippen molar-refractivity contribution in [3.8, 4) is 56.2 Å². The molecule has 0 aliphatic carbocycles. The lowest BCUT2D eigenvalue weighted by molar-refractivity contribution is 0.670. The van der Waals surface area contributed by atoms with E-state index in [0.717, 1.165) is 60.8 Å². The number of hydrogen-bond acceptors (Lipinski definition) is 4. The quantitative estimate of drug-likeness (QED) is 0.179. The molecule has 0 aliphatic rings. The molecule has 0 radical (unpaired) electrons. The van der Waals surface area contributed by atoms with E-state index in [1.165, 1.54) is 42.4 Å². The maximum atomic E-state index is 6.47. The molecule has 3 heterocycles. The molecule has 4 heteroatoms. The summed E-state index contributed by atoms with van der Waals surface area (Å²) in [6, 6.07) is 64.4. The largest absolute Gasteiger partial charge is 0.455 e. The Hall–Kier alpha value is -6.88. The first-order valence-electron chi connectivity index (χ1n) is 18.1. The molecule has 11 rings (SSSR count). The van der Waals surface area contributed by atoms with Gasteiger partial charge in [0.05, 0.1) is 11.4 Å². The van der Waals surface area contributed by atoms with Crippen LogP contribution in [0.5, 0.6) is 0 Å². The van der Waals surface area contributed by atoms with Crippen molar-refractivity contribution in [1.82, 2.24) is 9.97 Å². The lowest BCUT2D eigenvalue weighted by atomic mass is 9.93. The number of furan rings is 1. The molecule has 11 aromatic rings. The van der Waals surface area contributed by atoms with Crippen molar-refractivity contribution in [3.05, 3.63) is 182 Å². The summed E-state index contributed by atoms with van der Waals surface area (Å²) in [5.41, 5.74) is 11.1. The fourth-order valence-electron chi connectivity index (χ4n) is 7.91. The Balaban J connectivity index is 1.03. The predicted octanol–water partition coefficient (Wildman–Crippen LogP) is 14.2. The van der Waals surface area contributed by atoms with E-state index in [1.54, 1.807) is 0 Å². The molecule has 0 spiro atoms. The van der Waals surface area contributed by atoms with Gasteiger partial charge in [0.2, 0.25) is 0 Å². The van der Waals surface area contributed by atoms with Gasteiger partial charge in [-0.2, -0.15) is 0 Å². The van der Waals surface area contributed by atoms with Gasteiger partial charge in [-0.3, -0.25) is 0 Å². The number of thiophene rings is 1. The average Bonchev–Trinajstić information content (AvgIpc) is 3.82. The molecular weight excluding hydrogens is 677 g/mol. The number of hydrogen-bond donors (Lipinski definition) is 0. The van der Waals surface area contributed by atoms with Crippen LogP contribution in [-0.4, -0.2) is 9.97 Å². The van der Waals surface area contributed by atoms with Crippen molar-refractivity contribution in [1.29, 1.82) is 0 Å². The van der Waals surface area contributed by atoms with Gasteiger partial charge in [-0.05, 0) is 75.5 Å². The number of para-hydroxylation sites is 2. The van der Waals surface area contributed by atoms with Crippen LogP contribution in [-0.2, 0) is 0 Å². The van der Waals surface area contributed by atoms with E-state index in [2.05, 4.69) is 164 Å². The first-order valence-corrected chi connectivity index (χ1v) is 19.0. The van der Waals surface area contributed by atoms with Crippen molar-refractivity contribution < 1.29 is 4.42 Å². The number of benzene rings is 8. The summed E-state index contributed by atoms with van der Waals surface area (Å²) >= 11 is 1.85. The summed E-state index contributed by atoms with van der Waals surface area (Å²) in [6.07, 6.45) is 0. The normalized spacial score (nSPS) is 11.7.